The van der Waals surface area contributed by atoms with Crippen molar-refractivity contribution in [2.24, 2.45) is 0 Å². The fourth-order valence-corrected chi connectivity index (χ4v) is 3.09. The summed E-state index contributed by atoms with van der Waals surface area (Å²) in [6.45, 7) is 5.64. The Kier molecular flexibility index (Phi) is 5.01. The molecule has 0 unspecified atom stereocenters. The average Bonchev–Trinajstić information content (AvgIpc) is 3.10. The third-order valence-electron chi connectivity index (χ3n) is 4.36. The topological polar surface area (TPSA) is 83.2 Å². The molecule has 7 nitrogen and oxygen atoms in total. The van der Waals surface area contributed by atoms with E-state index in [1.807, 2.05) is 0 Å². The number of fused-ring (bicyclic) bond motifs is 2. The van der Waals surface area contributed by atoms with Crippen LogP contribution in [0.1, 0.15) is 12.5 Å². The molecule has 138 valence electrons. The SMILES string of the molecule is C=C(C)[C@@H](Cc1c(OC)c(OC)cc2nc3occc3c(OC)c12)OO. The van der Waals surface area contributed by atoms with Gasteiger partial charge in [0.05, 0.1) is 43.9 Å². The van der Waals surface area contributed by atoms with Gasteiger partial charge in [-0.05, 0) is 18.6 Å². The number of hydrogen-bond acceptors (Lipinski definition) is 7. The minimum Gasteiger partial charge on any atom is -0.495 e. The summed E-state index contributed by atoms with van der Waals surface area (Å²) in [6.07, 6.45) is 1.23. The minimum absolute atomic E-state index is 0.296. The van der Waals surface area contributed by atoms with E-state index in [9.17, 15) is 5.26 Å². The van der Waals surface area contributed by atoms with E-state index in [0.717, 1.165) is 16.3 Å². The number of hydrogen-bond donors (Lipinski definition) is 1. The van der Waals surface area contributed by atoms with Crippen molar-refractivity contribution < 1.29 is 28.8 Å². The lowest BCUT2D eigenvalue weighted by atomic mass is 9.96. The molecule has 0 bridgehead atoms. The molecular formula is C19H21NO6. The van der Waals surface area contributed by atoms with Crippen LogP contribution in [-0.4, -0.2) is 37.7 Å². The van der Waals surface area contributed by atoms with Gasteiger partial charge in [-0.15, -0.1) is 0 Å². The van der Waals surface area contributed by atoms with Crippen LogP contribution in [0.3, 0.4) is 0 Å². The van der Waals surface area contributed by atoms with E-state index in [4.69, 9.17) is 18.6 Å². The van der Waals surface area contributed by atoms with Crippen molar-refractivity contribution in [3.8, 4) is 17.2 Å². The molecule has 2 aromatic heterocycles. The second-order valence-corrected chi connectivity index (χ2v) is 5.91. The highest BCUT2D eigenvalue weighted by molar-refractivity contribution is 6.02. The Hall–Kier alpha value is -2.77. The zero-order chi connectivity index (χ0) is 18.8. The lowest BCUT2D eigenvalue weighted by Gasteiger charge is -2.20. The predicted molar refractivity (Wildman–Crippen MR) is 97.2 cm³/mol. The molecule has 1 atom stereocenters. The van der Waals surface area contributed by atoms with Crippen LogP contribution in [0.4, 0.5) is 0 Å². The van der Waals surface area contributed by atoms with E-state index in [1.165, 1.54) is 0 Å². The summed E-state index contributed by atoms with van der Waals surface area (Å²) in [6, 6.07) is 3.55. The Bertz CT molecular complexity index is 962. The second-order valence-electron chi connectivity index (χ2n) is 5.91. The van der Waals surface area contributed by atoms with Gasteiger partial charge in [0.1, 0.15) is 11.9 Å². The van der Waals surface area contributed by atoms with E-state index < -0.39 is 6.10 Å². The van der Waals surface area contributed by atoms with E-state index in [2.05, 4.69) is 16.5 Å². The highest BCUT2D eigenvalue weighted by atomic mass is 17.1. The van der Waals surface area contributed by atoms with Gasteiger partial charge >= 0.3 is 0 Å². The number of aromatic nitrogens is 1. The molecule has 1 aromatic carbocycles. The summed E-state index contributed by atoms with van der Waals surface area (Å²) in [5, 5.41) is 10.8. The monoisotopic (exact) mass is 359 g/mol. The lowest BCUT2D eigenvalue weighted by molar-refractivity contribution is -0.267. The summed E-state index contributed by atoms with van der Waals surface area (Å²) >= 11 is 0. The van der Waals surface area contributed by atoms with E-state index >= 15 is 0 Å². The third-order valence-corrected chi connectivity index (χ3v) is 4.36. The van der Waals surface area contributed by atoms with Crippen molar-refractivity contribution in [1.82, 2.24) is 4.98 Å². The van der Waals surface area contributed by atoms with Crippen molar-refractivity contribution in [2.75, 3.05) is 21.3 Å². The quantitative estimate of drug-likeness (QED) is 0.388. The molecular weight excluding hydrogens is 338 g/mol. The first kappa shape index (κ1) is 18.0. The van der Waals surface area contributed by atoms with Gasteiger partial charge in [-0.25, -0.2) is 9.87 Å². The van der Waals surface area contributed by atoms with Gasteiger partial charge in [0.2, 0.25) is 5.71 Å². The summed E-state index contributed by atoms with van der Waals surface area (Å²) in [7, 11) is 4.69. The van der Waals surface area contributed by atoms with E-state index in [-0.39, 0.29) is 0 Å². The second kappa shape index (κ2) is 7.23. The first-order valence-electron chi connectivity index (χ1n) is 8.00. The zero-order valence-electron chi connectivity index (χ0n) is 15.2. The van der Waals surface area contributed by atoms with Crippen LogP contribution in [0.5, 0.6) is 17.2 Å². The van der Waals surface area contributed by atoms with Gasteiger partial charge < -0.3 is 18.6 Å². The number of nitrogens with zero attached hydrogens (tertiary/aromatic N) is 1. The van der Waals surface area contributed by atoms with Gasteiger partial charge in [-0.2, -0.15) is 0 Å². The fourth-order valence-electron chi connectivity index (χ4n) is 3.09. The Morgan fingerprint density at radius 3 is 2.54 bits per heavy atom. The van der Waals surface area contributed by atoms with Crippen LogP contribution in [0.15, 0.2) is 35.0 Å². The molecule has 0 saturated heterocycles. The van der Waals surface area contributed by atoms with Gasteiger partial charge in [-0.1, -0.05) is 6.58 Å². The van der Waals surface area contributed by atoms with Crippen LogP contribution < -0.4 is 14.2 Å². The number of rotatable bonds is 7. The number of ether oxygens (including phenoxy) is 3. The van der Waals surface area contributed by atoms with Gasteiger partial charge in [-0.3, -0.25) is 5.26 Å². The zero-order valence-corrected chi connectivity index (χ0v) is 15.2. The predicted octanol–water partition coefficient (Wildman–Crippen LogP) is 3.98. The van der Waals surface area contributed by atoms with E-state index in [1.54, 1.807) is 46.6 Å². The molecule has 0 aliphatic carbocycles. The first-order chi connectivity index (χ1) is 12.5. The third kappa shape index (κ3) is 2.85. The van der Waals surface area contributed by atoms with Crippen molar-refractivity contribution in [1.29, 1.82) is 0 Å². The molecule has 0 amide bonds. The maximum absolute atomic E-state index is 9.29. The van der Waals surface area contributed by atoms with Crippen molar-refractivity contribution in [3.05, 3.63) is 36.1 Å². The van der Waals surface area contributed by atoms with Crippen molar-refractivity contribution in [3.63, 3.8) is 0 Å². The molecule has 2 heterocycles. The first-order valence-corrected chi connectivity index (χ1v) is 8.00. The molecule has 0 aliphatic heterocycles. The smallest absolute Gasteiger partial charge is 0.230 e. The van der Waals surface area contributed by atoms with Crippen LogP contribution in [-0.2, 0) is 11.3 Å². The molecule has 0 aliphatic rings. The lowest BCUT2D eigenvalue weighted by Crippen LogP contribution is -2.16. The maximum atomic E-state index is 9.29. The van der Waals surface area contributed by atoms with E-state index in [0.29, 0.717) is 40.5 Å². The molecule has 26 heavy (non-hydrogen) atoms. The standard InChI is InChI=1S/C19H21NO6/c1-10(2)14(26-21)8-12-16-13(9-15(22-3)17(12)23-4)20-19-11(6-7-25-19)18(16)24-5/h6-7,9,14,21H,1,8H2,2-5H3/t14-/m1/s1. The molecule has 0 spiro atoms. The van der Waals surface area contributed by atoms with Crippen LogP contribution in [0.2, 0.25) is 0 Å². The normalized spacial score (nSPS) is 12.3. The van der Waals surface area contributed by atoms with Crippen LogP contribution in [0.25, 0.3) is 22.0 Å². The Balaban J connectivity index is 2.41. The summed E-state index contributed by atoms with van der Waals surface area (Å²) in [5.41, 5.74) is 2.48. The van der Waals surface area contributed by atoms with Crippen LogP contribution >= 0.6 is 0 Å². The molecule has 3 rings (SSSR count). The van der Waals surface area contributed by atoms with Crippen molar-refractivity contribution in [2.45, 2.75) is 19.4 Å². The molecule has 7 heteroatoms. The fraction of sp³-hybridized carbons (Fsp3) is 0.316. The highest BCUT2D eigenvalue weighted by Gasteiger charge is 2.25. The summed E-state index contributed by atoms with van der Waals surface area (Å²) in [5.74, 6) is 1.63. The van der Waals surface area contributed by atoms with Crippen LogP contribution in [0, 0.1) is 0 Å². The number of methoxy groups -OCH3 is 3. The van der Waals surface area contributed by atoms with Gasteiger partial charge in [0.25, 0.3) is 0 Å². The maximum Gasteiger partial charge on any atom is 0.230 e. The highest BCUT2D eigenvalue weighted by Crippen LogP contribution is 2.44. The van der Waals surface area contributed by atoms with Crippen molar-refractivity contribution >= 4 is 22.0 Å². The number of benzene rings is 1. The Morgan fingerprint density at radius 2 is 1.96 bits per heavy atom. The summed E-state index contributed by atoms with van der Waals surface area (Å²) < 4.78 is 22.2. The molecule has 0 fully saturated rings. The molecule has 0 saturated carbocycles. The van der Waals surface area contributed by atoms with Gasteiger partial charge in [0, 0.05) is 18.1 Å². The minimum atomic E-state index is -0.621. The summed E-state index contributed by atoms with van der Waals surface area (Å²) in [4.78, 5) is 9.17. The molecule has 1 N–H and O–H groups in total. The molecule has 3 aromatic rings. The number of furan rings is 1. The Morgan fingerprint density at radius 1 is 1.23 bits per heavy atom. The Labute approximate surface area is 150 Å². The molecule has 0 radical (unpaired) electrons. The van der Waals surface area contributed by atoms with Gasteiger partial charge in [0.15, 0.2) is 11.5 Å². The average molecular weight is 359 g/mol. The number of pyridine rings is 1. The largest absolute Gasteiger partial charge is 0.495 e.